The first kappa shape index (κ1) is 15.1. The zero-order valence-electron chi connectivity index (χ0n) is 11.6. The van der Waals surface area contributed by atoms with Crippen molar-refractivity contribution in [1.29, 1.82) is 0 Å². The van der Waals surface area contributed by atoms with Crippen LogP contribution in [0.15, 0.2) is 54.6 Å². The third kappa shape index (κ3) is 4.10. The number of hydrogen-bond acceptors (Lipinski definition) is 3. The van der Waals surface area contributed by atoms with E-state index in [9.17, 15) is 4.79 Å². The van der Waals surface area contributed by atoms with Gasteiger partial charge in [-0.15, -0.1) is 0 Å². The monoisotopic (exact) mass is 302 g/mol. The zero-order valence-corrected chi connectivity index (χ0v) is 12.3. The van der Waals surface area contributed by atoms with Gasteiger partial charge in [0.1, 0.15) is 24.4 Å². The van der Waals surface area contributed by atoms with Crippen molar-refractivity contribution in [3.8, 4) is 11.5 Å². The molecule has 0 unspecified atom stereocenters. The van der Waals surface area contributed by atoms with Gasteiger partial charge in [0.05, 0.1) is 12.1 Å². The molecule has 4 heteroatoms. The van der Waals surface area contributed by atoms with Crippen LogP contribution >= 0.6 is 11.6 Å². The highest BCUT2D eigenvalue weighted by atomic mass is 35.5. The van der Waals surface area contributed by atoms with Gasteiger partial charge in [0, 0.05) is 11.6 Å². The summed E-state index contributed by atoms with van der Waals surface area (Å²) in [6, 6.07) is 15.1. The lowest BCUT2D eigenvalue weighted by Gasteiger charge is -2.12. The molecular formula is C17H15ClO3. The van der Waals surface area contributed by atoms with Crippen molar-refractivity contribution >= 4 is 22.9 Å². The lowest BCUT2D eigenvalue weighted by atomic mass is 10.1. The Morgan fingerprint density at radius 2 is 1.95 bits per heavy atom. The standard InChI is InChI=1S/C17H15ClO3/c1-20-14-7-8-15(16(18)9-10-19)17(11-14)21-12-13-5-3-2-4-6-13/h2-11H,12H2,1H3. The van der Waals surface area contributed by atoms with Crippen LogP contribution in [0.2, 0.25) is 0 Å². The maximum Gasteiger partial charge on any atom is 0.144 e. The van der Waals surface area contributed by atoms with E-state index in [0.717, 1.165) is 5.56 Å². The highest BCUT2D eigenvalue weighted by Crippen LogP contribution is 2.32. The minimum atomic E-state index is 0.329. The second-order valence-corrected chi connectivity index (χ2v) is 4.69. The molecule has 0 spiro atoms. The number of allylic oxidation sites excluding steroid dienone is 1. The van der Waals surface area contributed by atoms with Gasteiger partial charge in [0.25, 0.3) is 0 Å². The normalized spacial score (nSPS) is 11.0. The Labute approximate surface area is 128 Å². The van der Waals surface area contributed by atoms with Gasteiger partial charge in [0.15, 0.2) is 0 Å². The van der Waals surface area contributed by atoms with Crippen LogP contribution in [0, 0.1) is 0 Å². The van der Waals surface area contributed by atoms with Crippen molar-refractivity contribution in [3.05, 3.63) is 65.7 Å². The first-order valence-electron chi connectivity index (χ1n) is 6.40. The summed E-state index contributed by atoms with van der Waals surface area (Å²) in [5, 5.41) is 0.329. The Kier molecular flexibility index (Phi) is 5.41. The number of benzene rings is 2. The molecule has 3 nitrogen and oxygen atoms in total. The number of halogens is 1. The molecule has 0 N–H and O–H groups in total. The molecule has 0 aliphatic rings. The number of aldehydes is 1. The van der Waals surface area contributed by atoms with E-state index in [0.29, 0.717) is 35.0 Å². The van der Waals surface area contributed by atoms with E-state index in [4.69, 9.17) is 21.1 Å². The van der Waals surface area contributed by atoms with Crippen molar-refractivity contribution in [2.75, 3.05) is 7.11 Å². The number of carbonyl (C=O) groups is 1. The third-order valence-corrected chi connectivity index (χ3v) is 3.23. The molecular weight excluding hydrogens is 288 g/mol. The van der Waals surface area contributed by atoms with Crippen LogP contribution in [-0.2, 0) is 11.4 Å². The Balaban J connectivity index is 2.26. The average molecular weight is 303 g/mol. The van der Waals surface area contributed by atoms with E-state index in [1.165, 1.54) is 6.08 Å². The highest BCUT2D eigenvalue weighted by molar-refractivity contribution is 6.50. The van der Waals surface area contributed by atoms with Gasteiger partial charge in [0.2, 0.25) is 0 Å². The summed E-state index contributed by atoms with van der Waals surface area (Å²) in [6.07, 6.45) is 1.94. The van der Waals surface area contributed by atoms with Gasteiger partial charge in [-0.1, -0.05) is 41.9 Å². The summed E-state index contributed by atoms with van der Waals surface area (Å²) in [5.74, 6) is 1.23. The van der Waals surface area contributed by atoms with Gasteiger partial charge in [-0.05, 0) is 23.8 Å². The van der Waals surface area contributed by atoms with Crippen LogP contribution in [0.5, 0.6) is 11.5 Å². The van der Waals surface area contributed by atoms with E-state index in [2.05, 4.69) is 0 Å². The summed E-state index contributed by atoms with van der Waals surface area (Å²) in [4.78, 5) is 10.6. The molecule has 0 saturated carbocycles. The van der Waals surface area contributed by atoms with E-state index in [-0.39, 0.29) is 0 Å². The molecule has 2 aromatic rings. The molecule has 2 aromatic carbocycles. The quantitative estimate of drug-likeness (QED) is 0.596. The lowest BCUT2D eigenvalue weighted by Crippen LogP contribution is -1.98. The first-order chi connectivity index (χ1) is 10.2. The predicted molar refractivity (Wildman–Crippen MR) is 83.7 cm³/mol. The van der Waals surface area contributed by atoms with Gasteiger partial charge in [-0.3, -0.25) is 4.79 Å². The van der Waals surface area contributed by atoms with Crippen LogP contribution in [-0.4, -0.2) is 13.4 Å². The van der Waals surface area contributed by atoms with Crippen molar-refractivity contribution in [1.82, 2.24) is 0 Å². The van der Waals surface area contributed by atoms with Crippen molar-refractivity contribution in [2.24, 2.45) is 0 Å². The largest absolute Gasteiger partial charge is 0.497 e. The predicted octanol–water partition coefficient (Wildman–Crippen LogP) is 4.05. The zero-order chi connectivity index (χ0) is 15.1. The van der Waals surface area contributed by atoms with E-state index >= 15 is 0 Å². The number of ether oxygens (including phenoxy) is 2. The molecule has 2 rings (SSSR count). The van der Waals surface area contributed by atoms with Crippen molar-refractivity contribution < 1.29 is 14.3 Å². The number of hydrogen-bond donors (Lipinski definition) is 0. The minimum Gasteiger partial charge on any atom is -0.497 e. The van der Waals surface area contributed by atoms with Crippen molar-refractivity contribution in [3.63, 3.8) is 0 Å². The number of rotatable bonds is 6. The fourth-order valence-electron chi connectivity index (χ4n) is 1.83. The van der Waals surface area contributed by atoms with Gasteiger partial charge < -0.3 is 9.47 Å². The topological polar surface area (TPSA) is 35.5 Å². The Hall–Kier alpha value is -2.26. The summed E-state index contributed by atoms with van der Waals surface area (Å²) >= 11 is 6.10. The summed E-state index contributed by atoms with van der Waals surface area (Å²) in [7, 11) is 1.58. The Morgan fingerprint density at radius 1 is 1.19 bits per heavy atom. The maximum absolute atomic E-state index is 10.6. The van der Waals surface area contributed by atoms with Crippen LogP contribution < -0.4 is 9.47 Å². The second-order valence-electron chi connectivity index (χ2n) is 4.29. The van der Waals surface area contributed by atoms with E-state index < -0.39 is 0 Å². The number of methoxy groups -OCH3 is 1. The SMILES string of the molecule is COc1ccc(C(Cl)=CC=O)c(OCc2ccccc2)c1. The molecule has 0 saturated heterocycles. The molecule has 0 radical (unpaired) electrons. The van der Waals surface area contributed by atoms with Crippen LogP contribution in [0.3, 0.4) is 0 Å². The molecule has 0 amide bonds. The molecule has 0 aliphatic carbocycles. The molecule has 108 valence electrons. The second kappa shape index (κ2) is 7.50. The van der Waals surface area contributed by atoms with Gasteiger partial charge in [-0.25, -0.2) is 0 Å². The van der Waals surface area contributed by atoms with Crippen molar-refractivity contribution in [2.45, 2.75) is 6.61 Å². The molecule has 0 aliphatic heterocycles. The molecule has 0 heterocycles. The summed E-state index contributed by atoms with van der Waals surface area (Å²) < 4.78 is 11.0. The Bertz CT molecular complexity index is 636. The van der Waals surface area contributed by atoms with Crippen LogP contribution in [0.1, 0.15) is 11.1 Å². The smallest absolute Gasteiger partial charge is 0.144 e. The fourth-order valence-corrected chi connectivity index (χ4v) is 2.04. The van der Waals surface area contributed by atoms with Crippen LogP contribution in [0.4, 0.5) is 0 Å². The van der Waals surface area contributed by atoms with Gasteiger partial charge >= 0.3 is 0 Å². The average Bonchev–Trinajstić information content (AvgIpc) is 2.53. The Morgan fingerprint density at radius 3 is 2.62 bits per heavy atom. The lowest BCUT2D eigenvalue weighted by molar-refractivity contribution is -0.104. The van der Waals surface area contributed by atoms with E-state index in [1.807, 2.05) is 30.3 Å². The molecule has 0 bridgehead atoms. The summed E-state index contributed by atoms with van der Waals surface area (Å²) in [6.45, 7) is 0.409. The summed E-state index contributed by atoms with van der Waals surface area (Å²) in [5.41, 5.74) is 1.70. The van der Waals surface area contributed by atoms with Crippen LogP contribution in [0.25, 0.3) is 5.03 Å². The third-order valence-electron chi connectivity index (χ3n) is 2.90. The minimum absolute atomic E-state index is 0.329. The van der Waals surface area contributed by atoms with E-state index in [1.54, 1.807) is 25.3 Å². The highest BCUT2D eigenvalue weighted by Gasteiger charge is 2.09. The molecule has 0 aromatic heterocycles. The molecule has 21 heavy (non-hydrogen) atoms. The molecule has 0 atom stereocenters. The fraction of sp³-hybridized carbons (Fsp3) is 0.118. The number of carbonyl (C=O) groups excluding carboxylic acids is 1. The van der Waals surface area contributed by atoms with Gasteiger partial charge in [-0.2, -0.15) is 0 Å². The maximum atomic E-state index is 10.6. The molecule has 0 fully saturated rings. The first-order valence-corrected chi connectivity index (χ1v) is 6.78.